The molecule has 0 saturated heterocycles. The molecule has 106 valence electrons. The molecule has 1 amide bonds. The van der Waals surface area contributed by atoms with Gasteiger partial charge in [-0.25, -0.2) is 0 Å². The topological polar surface area (TPSA) is 81.2 Å². The second-order valence-electron chi connectivity index (χ2n) is 4.86. The lowest BCUT2D eigenvalue weighted by Crippen LogP contribution is -2.23. The number of nitrogens with one attached hydrogen (secondary N) is 1. The Hall–Kier alpha value is -2.82. The van der Waals surface area contributed by atoms with Crippen molar-refractivity contribution in [3.05, 3.63) is 59.6 Å². The number of carbonyl (C=O) groups is 1. The van der Waals surface area contributed by atoms with Gasteiger partial charge in [0.05, 0.1) is 12.2 Å². The Bertz CT molecular complexity index is 808. The molecule has 0 aliphatic rings. The van der Waals surface area contributed by atoms with E-state index in [1.807, 2.05) is 19.1 Å². The minimum atomic E-state index is -0.269. The third kappa shape index (κ3) is 2.72. The van der Waals surface area contributed by atoms with Crippen molar-refractivity contribution in [2.75, 3.05) is 5.73 Å². The summed E-state index contributed by atoms with van der Waals surface area (Å²) in [5.41, 5.74) is 8.87. The van der Waals surface area contributed by atoms with Crippen LogP contribution in [0.1, 0.15) is 21.8 Å². The van der Waals surface area contributed by atoms with E-state index in [-0.39, 0.29) is 11.7 Å². The van der Waals surface area contributed by atoms with Crippen molar-refractivity contribution in [2.24, 2.45) is 0 Å². The lowest BCUT2D eigenvalue weighted by atomic mass is 10.2. The molecule has 0 bridgehead atoms. The first-order valence-corrected chi connectivity index (χ1v) is 6.61. The summed E-state index contributed by atoms with van der Waals surface area (Å²) in [6.07, 6.45) is 1.71. The van der Waals surface area contributed by atoms with Crippen LogP contribution in [0.3, 0.4) is 0 Å². The summed E-state index contributed by atoms with van der Waals surface area (Å²) in [6.45, 7) is 2.32. The fourth-order valence-electron chi connectivity index (χ4n) is 2.13. The van der Waals surface area contributed by atoms with Crippen molar-refractivity contribution < 1.29 is 9.21 Å². The normalized spacial score (nSPS) is 10.7. The third-order valence-corrected chi connectivity index (χ3v) is 3.30. The van der Waals surface area contributed by atoms with Gasteiger partial charge in [0, 0.05) is 17.3 Å². The molecule has 5 nitrogen and oxygen atoms in total. The summed E-state index contributed by atoms with van der Waals surface area (Å²) in [6, 6.07) is 10.8. The van der Waals surface area contributed by atoms with Crippen LogP contribution in [0.4, 0.5) is 5.69 Å². The predicted octanol–water partition coefficient (Wildman–Crippen LogP) is 2.65. The second-order valence-corrected chi connectivity index (χ2v) is 4.86. The number of nitrogens with zero attached hydrogens (tertiary/aromatic N) is 1. The van der Waals surface area contributed by atoms with E-state index in [0.717, 1.165) is 16.6 Å². The van der Waals surface area contributed by atoms with Crippen LogP contribution in [-0.4, -0.2) is 10.9 Å². The third-order valence-electron chi connectivity index (χ3n) is 3.30. The predicted molar refractivity (Wildman–Crippen MR) is 80.8 cm³/mol. The number of carbonyl (C=O) groups excluding carboxylic acids is 1. The molecule has 0 atom stereocenters. The van der Waals surface area contributed by atoms with Gasteiger partial charge in [-0.15, -0.1) is 0 Å². The molecule has 2 heterocycles. The van der Waals surface area contributed by atoms with Crippen molar-refractivity contribution in [2.45, 2.75) is 13.5 Å². The summed E-state index contributed by atoms with van der Waals surface area (Å²) in [5, 5.41) is 3.62. The minimum absolute atomic E-state index is 0.268. The number of anilines is 1. The Labute approximate surface area is 121 Å². The van der Waals surface area contributed by atoms with Crippen molar-refractivity contribution in [1.82, 2.24) is 10.3 Å². The SMILES string of the molecule is Cc1cccnc1CNC(=O)c1cc2cc(N)ccc2o1. The van der Waals surface area contributed by atoms with Crippen LogP contribution < -0.4 is 11.1 Å². The maximum atomic E-state index is 12.1. The minimum Gasteiger partial charge on any atom is -0.451 e. The molecule has 0 saturated carbocycles. The van der Waals surface area contributed by atoms with Gasteiger partial charge in [-0.2, -0.15) is 0 Å². The zero-order valence-electron chi connectivity index (χ0n) is 11.6. The lowest BCUT2D eigenvalue weighted by Gasteiger charge is -2.05. The highest BCUT2D eigenvalue weighted by Gasteiger charge is 2.12. The molecular weight excluding hydrogens is 266 g/mol. The average molecular weight is 281 g/mol. The van der Waals surface area contributed by atoms with Gasteiger partial charge in [-0.05, 0) is 42.8 Å². The highest BCUT2D eigenvalue weighted by atomic mass is 16.3. The van der Waals surface area contributed by atoms with Crippen LogP contribution in [0.25, 0.3) is 11.0 Å². The van der Waals surface area contributed by atoms with E-state index in [1.54, 1.807) is 30.5 Å². The summed E-state index contributed by atoms with van der Waals surface area (Å²) >= 11 is 0. The first kappa shape index (κ1) is 13.2. The van der Waals surface area contributed by atoms with Gasteiger partial charge in [0.2, 0.25) is 0 Å². The van der Waals surface area contributed by atoms with Crippen LogP contribution in [0.5, 0.6) is 0 Å². The molecule has 3 N–H and O–H groups in total. The first-order chi connectivity index (χ1) is 10.1. The van der Waals surface area contributed by atoms with Crippen LogP contribution in [0, 0.1) is 6.92 Å². The Morgan fingerprint density at radius 3 is 3.00 bits per heavy atom. The molecule has 0 spiro atoms. The maximum Gasteiger partial charge on any atom is 0.287 e. The van der Waals surface area contributed by atoms with Gasteiger partial charge in [0.1, 0.15) is 5.58 Å². The fraction of sp³-hybridized carbons (Fsp3) is 0.125. The molecule has 21 heavy (non-hydrogen) atoms. The second kappa shape index (κ2) is 5.28. The molecule has 3 rings (SSSR count). The monoisotopic (exact) mass is 281 g/mol. The van der Waals surface area contributed by atoms with E-state index in [0.29, 0.717) is 17.8 Å². The summed E-state index contributed by atoms with van der Waals surface area (Å²) in [4.78, 5) is 16.4. The summed E-state index contributed by atoms with van der Waals surface area (Å²) in [7, 11) is 0. The Morgan fingerprint density at radius 2 is 2.19 bits per heavy atom. The number of nitrogens with two attached hydrogens (primary N) is 1. The number of aryl methyl sites for hydroxylation is 1. The van der Waals surface area contributed by atoms with Crippen molar-refractivity contribution in [1.29, 1.82) is 0 Å². The average Bonchev–Trinajstić information content (AvgIpc) is 2.89. The van der Waals surface area contributed by atoms with E-state index in [9.17, 15) is 4.79 Å². The van der Waals surface area contributed by atoms with Gasteiger partial charge in [0.15, 0.2) is 5.76 Å². The van der Waals surface area contributed by atoms with Crippen molar-refractivity contribution in [3.63, 3.8) is 0 Å². The Morgan fingerprint density at radius 1 is 1.33 bits per heavy atom. The molecule has 1 aromatic carbocycles. The molecule has 0 fully saturated rings. The number of hydrogen-bond donors (Lipinski definition) is 2. The van der Waals surface area contributed by atoms with Crippen molar-refractivity contribution in [3.8, 4) is 0 Å². The number of hydrogen-bond acceptors (Lipinski definition) is 4. The molecule has 2 aromatic heterocycles. The fourth-order valence-corrected chi connectivity index (χ4v) is 2.13. The summed E-state index contributed by atoms with van der Waals surface area (Å²) in [5.74, 6) is -0.000918. The summed E-state index contributed by atoms with van der Waals surface area (Å²) < 4.78 is 5.52. The van der Waals surface area contributed by atoms with Gasteiger partial charge >= 0.3 is 0 Å². The van der Waals surface area contributed by atoms with E-state index < -0.39 is 0 Å². The molecule has 0 aliphatic heterocycles. The van der Waals surface area contributed by atoms with E-state index in [4.69, 9.17) is 10.2 Å². The van der Waals surface area contributed by atoms with Gasteiger partial charge in [0.25, 0.3) is 5.91 Å². The number of rotatable bonds is 3. The van der Waals surface area contributed by atoms with Gasteiger partial charge < -0.3 is 15.5 Å². The zero-order valence-corrected chi connectivity index (χ0v) is 11.6. The molecule has 0 aliphatic carbocycles. The molecule has 0 radical (unpaired) electrons. The molecule has 5 heteroatoms. The molecule has 3 aromatic rings. The van der Waals surface area contributed by atoms with E-state index >= 15 is 0 Å². The van der Waals surface area contributed by atoms with Crippen LogP contribution >= 0.6 is 0 Å². The maximum absolute atomic E-state index is 12.1. The number of fused-ring (bicyclic) bond motifs is 1. The number of pyridine rings is 1. The van der Waals surface area contributed by atoms with Crippen LogP contribution in [0.2, 0.25) is 0 Å². The van der Waals surface area contributed by atoms with Crippen molar-refractivity contribution >= 4 is 22.6 Å². The number of nitrogen functional groups attached to an aromatic ring is 1. The lowest BCUT2D eigenvalue weighted by molar-refractivity contribution is 0.0925. The Kier molecular flexibility index (Phi) is 3.31. The van der Waals surface area contributed by atoms with E-state index in [2.05, 4.69) is 10.3 Å². The number of aromatic nitrogens is 1. The Balaban J connectivity index is 1.76. The molecular formula is C16H15N3O2. The molecule has 0 unspecified atom stereocenters. The van der Waals surface area contributed by atoms with Gasteiger partial charge in [-0.3, -0.25) is 9.78 Å². The highest BCUT2D eigenvalue weighted by molar-refractivity contribution is 5.96. The smallest absolute Gasteiger partial charge is 0.287 e. The largest absolute Gasteiger partial charge is 0.451 e. The quantitative estimate of drug-likeness (QED) is 0.723. The van der Waals surface area contributed by atoms with Crippen LogP contribution in [0.15, 0.2) is 47.0 Å². The number of furan rings is 1. The number of benzene rings is 1. The van der Waals surface area contributed by atoms with Crippen LogP contribution in [-0.2, 0) is 6.54 Å². The standard InChI is InChI=1S/C16H15N3O2/c1-10-3-2-6-18-13(10)9-19-16(20)15-8-11-7-12(17)4-5-14(11)21-15/h2-8H,9,17H2,1H3,(H,19,20). The highest BCUT2D eigenvalue weighted by Crippen LogP contribution is 2.21. The van der Waals surface area contributed by atoms with E-state index in [1.165, 1.54) is 0 Å². The first-order valence-electron chi connectivity index (χ1n) is 6.61. The number of amides is 1. The van der Waals surface area contributed by atoms with Gasteiger partial charge in [-0.1, -0.05) is 6.07 Å². The zero-order chi connectivity index (χ0) is 14.8.